The zero-order valence-electron chi connectivity index (χ0n) is 9.45. The Morgan fingerprint density at radius 1 is 1.13 bits per heavy atom. The summed E-state index contributed by atoms with van der Waals surface area (Å²) in [4.78, 5) is 15.9. The SMILES string of the molecule is Cc1ccc2c(c1)C(=O)N(C)CCN2C. The van der Waals surface area contributed by atoms with Crippen LogP contribution in [0.4, 0.5) is 5.69 Å². The minimum absolute atomic E-state index is 0.123. The molecule has 1 aromatic rings. The molecule has 1 amide bonds. The van der Waals surface area contributed by atoms with Gasteiger partial charge in [0.1, 0.15) is 0 Å². The quantitative estimate of drug-likeness (QED) is 0.639. The molecule has 0 bridgehead atoms. The topological polar surface area (TPSA) is 23.6 Å². The third-order valence-electron chi connectivity index (χ3n) is 2.91. The first-order chi connectivity index (χ1) is 7.09. The molecule has 0 saturated carbocycles. The molecule has 15 heavy (non-hydrogen) atoms. The van der Waals surface area contributed by atoms with Crippen molar-refractivity contribution in [1.82, 2.24) is 4.90 Å². The van der Waals surface area contributed by atoms with Crippen LogP contribution in [0.3, 0.4) is 0 Å². The molecule has 0 radical (unpaired) electrons. The molecule has 0 saturated heterocycles. The monoisotopic (exact) mass is 204 g/mol. The molecule has 0 fully saturated rings. The van der Waals surface area contributed by atoms with E-state index in [9.17, 15) is 4.79 Å². The summed E-state index contributed by atoms with van der Waals surface area (Å²) in [5.74, 6) is 0.123. The Hall–Kier alpha value is -1.51. The van der Waals surface area contributed by atoms with Crippen molar-refractivity contribution in [2.45, 2.75) is 6.92 Å². The standard InChI is InChI=1S/C12H16N2O/c1-9-4-5-11-10(8-9)12(15)14(3)7-6-13(11)2/h4-5,8H,6-7H2,1-3H3. The van der Waals surface area contributed by atoms with E-state index in [1.54, 1.807) is 4.90 Å². The Kier molecular flexibility index (Phi) is 2.39. The molecule has 1 heterocycles. The van der Waals surface area contributed by atoms with Gasteiger partial charge in [-0.2, -0.15) is 0 Å². The number of rotatable bonds is 0. The molecular weight excluding hydrogens is 188 g/mol. The van der Waals surface area contributed by atoms with E-state index in [2.05, 4.69) is 4.90 Å². The Morgan fingerprint density at radius 2 is 1.80 bits per heavy atom. The summed E-state index contributed by atoms with van der Waals surface area (Å²) < 4.78 is 0. The highest BCUT2D eigenvalue weighted by Gasteiger charge is 2.21. The fourth-order valence-electron chi connectivity index (χ4n) is 1.88. The highest BCUT2D eigenvalue weighted by molar-refractivity contribution is 6.00. The predicted molar refractivity (Wildman–Crippen MR) is 61.4 cm³/mol. The highest BCUT2D eigenvalue weighted by atomic mass is 16.2. The number of carbonyl (C=O) groups excluding carboxylic acids is 1. The van der Waals surface area contributed by atoms with Crippen molar-refractivity contribution < 1.29 is 4.79 Å². The molecule has 0 spiro atoms. The van der Waals surface area contributed by atoms with Crippen LogP contribution in [0.15, 0.2) is 18.2 Å². The van der Waals surface area contributed by atoms with Crippen molar-refractivity contribution in [3.8, 4) is 0 Å². The van der Waals surface area contributed by atoms with Crippen LogP contribution in [0.25, 0.3) is 0 Å². The van der Waals surface area contributed by atoms with Gasteiger partial charge in [-0.3, -0.25) is 4.79 Å². The van der Waals surface area contributed by atoms with Crippen LogP contribution in [0.2, 0.25) is 0 Å². The third-order valence-corrected chi connectivity index (χ3v) is 2.91. The van der Waals surface area contributed by atoms with E-state index >= 15 is 0 Å². The normalized spacial score (nSPS) is 16.3. The summed E-state index contributed by atoms with van der Waals surface area (Å²) in [6, 6.07) is 6.05. The molecule has 1 aliphatic rings. The lowest BCUT2D eigenvalue weighted by Crippen LogP contribution is -2.29. The molecule has 0 aliphatic carbocycles. The number of hydrogen-bond donors (Lipinski definition) is 0. The van der Waals surface area contributed by atoms with Gasteiger partial charge in [0.25, 0.3) is 5.91 Å². The van der Waals surface area contributed by atoms with E-state index in [-0.39, 0.29) is 5.91 Å². The van der Waals surface area contributed by atoms with Crippen LogP contribution in [-0.2, 0) is 0 Å². The lowest BCUT2D eigenvalue weighted by Gasteiger charge is -2.18. The predicted octanol–water partition coefficient (Wildman–Crippen LogP) is 1.52. The van der Waals surface area contributed by atoms with Crippen LogP contribution in [0.1, 0.15) is 15.9 Å². The molecule has 1 aromatic carbocycles. The van der Waals surface area contributed by atoms with E-state index in [1.807, 2.05) is 39.2 Å². The van der Waals surface area contributed by atoms with E-state index in [1.165, 1.54) is 0 Å². The molecule has 3 nitrogen and oxygen atoms in total. The second-order valence-electron chi connectivity index (χ2n) is 4.17. The smallest absolute Gasteiger partial charge is 0.255 e. The first-order valence-corrected chi connectivity index (χ1v) is 5.17. The van der Waals surface area contributed by atoms with Crippen molar-refractivity contribution in [3.63, 3.8) is 0 Å². The van der Waals surface area contributed by atoms with Gasteiger partial charge >= 0.3 is 0 Å². The van der Waals surface area contributed by atoms with Gasteiger partial charge in [0.05, 0.1) is 5.56 Å². The number of anilines is 1. The Labute approximate surface area is 90.3 Å². The summed E-state index contributed by atoms with van der Waals surface area (Å²) in [7, 11) is 3.88. The molecule has 80 valence electrons. The van der Waals surface area contributed by atoms with Crippen LogP contribution in [0, 0.1) is 6.92 Å². The average molecular weight is 204 g/mol. The number of carbonyl (C=O) groups is 1. The number of amides is 1. The molecule has 0 unspecified atom stereocenters. The van der Waals surface area contributed by atoms with Gasteiger partial charge in [-0.1, -0.05) is 11.6 Å². The van der Waals surface area contributed by atoms with Crippen molar-refractivity contribution in [3.05, 3.63) is 29.3 Å². The number of likely N-dealkylation sites (N-methyl/N-ethyl adjacent to an activating group) is 2. The molecule has 2 rings (SSSR count). The van der Waals surface area contributed by atoms with E-state index < -0.39 is 0 Å². The van der Waals surface area contributed by atoms with Gasteiger partial charge in [0.15, 0.2) is 0 Å². The maximum Gasteiger partial charge on any atom is 0.255 e. The zero-order valence-corrected chi connectivity index (χ0v) is 9.45. The number of hydrogen-bond acceptors (Lipinski definition) is 2. The number of nitrogens with zero attached hydrogens (tertiary/aromatic N) is 2. The minimum atomic E-state index is 0.123. The van der Waals surface area contributed by atoms with E-state index in [0.717, 1.165) is 29.9 Å². The molecule has 1 aliphatic heterocycles. The Morgan fingerprint density at radius 3 is 2.53 bits per heavy atom. The maximum absolute atomic E-state index is 12.0. The number of aryl methyl sites for hydroxylation is 1. The fraction of sp³-hybridized carbons (Fsp3) is 0.417. The second kappa shape index (κ2) is 3.57. The molecular formula is C12H16N2O. The molecule has 3 heteroatoms. The summed E-state index contributed by atoms with van der Waals surface area (Å²) in [5, 5.41) is 0. The first-order valence-electron chi connectivity index (χ1n) is 5.17. The summed E-state index contributed by atoms with van der Waals surface area (Å²) >= 11 is 0. The van der Waals surface area contributed by atoms with E-state index in [4.69, 9.17) is 0 Å². The van der Waals surface area contributed by atoms with Crippen LogP contribution >= 0.6 is 0 Å². The molecule has 0 N–H and O–H groups in total. The third kappa shape index (κ3) is 1.69. The van der Waals surface area contributed by atoms with Crippen molar-refractivity contribution in [2.24, 2.45) is 0 Å². The number of benzene rings is 1. The van der Waals surface area contributed by atoms with Gasteiger partial charge in [-0.05, 0) is 19.1 Å². The first kappa shape index (κ1) is 10.0. The van der Waals surface area contributed by atoms with Gasteiger partial charge in [-0.25, -0.2) is 0 Å². The minimum Gasteiger partial charge on any atom is -0.372 e. The largest absolute Gasteiger partial charge is 0.372 e. The summed E-state index contributed by atoms with van der Waals surface area (Å²) in [6.07, 6.45) is 0. The Balaban J connectivity index is 2.55. The zero-order chi connectivity index (χ0) is 11.0. The molecule has 0 aromatic heterocycles. The second-order valence-corrected chi connectivity index (χ2v) is 4.17. The summed E-state index contributed by atoms with van der Waals surface area (Å²) in [5.41, 5.74) is 2.98. The maximum atomic E-state index is 12.0. The highest BCUT2D eigenvalue weighted by Crippen LogP contribution is 2.24. The molecule has 0 atom stereocenters. The van der Waals surface area contributed by atoms with Crippen molar-refractivity contribution in [1.29, 1.82) is 0 Å². The lowest BCUT2D eigenvalue weighted by atomic mass is 10.1. The van der Waals surface area contributed by atoms with Crippen LogP contribution < -0.4 is 4.90 Å². The summed E-state index contributed by atoms with van der Waals surface area (Å²) in [6.45, 7) is 3.68. The van der Waals surface area contributed by atoms with Gasteiger partial charge < -0.3 is 9.80 Å². The van der Waals surface area contributed by atoms with Gasteiger partial charge in [0, 0.05) is 32.9 Å². The van der Waals surface area contributed by atoms with E-state index in [0.29, 0.717) is 0 Å². The fourth-order valence-corrected chi connectivity index (χ4v) is 1.88. The van der Waals surface area contributed by atoms with Crippen LogP contribution in [-0.4, -0.2) is 38.0 Å². The van der Waals surface area contributed by atoms with Crippen molar-refractivity contribution in [2.75, 3.05) is 32.1 Å². The van der Waals surface area contributed by atoms with Crippen molar-refractivity contribution >= 4 is 11.6 Å². The number of fused-ring (bicyclic) bond motifs is 1. The van der Waals surface area contributed by atoms with Gasteiger partial charge in [-0.15, -0.1) is 0 Å². The average Bonchev–Trinajstić information content (AvgIpc) is 2.32. The van der Waals surface area contributed by atoms with Crippen LogP contribution in [0.5, 0.6) is 0 Å². The van der Waals surface area contributed by atoms with Gasteiger partial charge in [0.2, 0.25) is 0 Å². The lowest BCUT2D eigenvalue weighted by molar-refractivity contribution is 0.0805. The Bertz CT molecular complexity index is 401.